The number of hydrogen-bond acceptors (Lipinski definition) is 2. The molecule has 0 aliphatic heterocycles. The van der Waals surface area contributed by atoms with Gasteiger partial charge in [0.15, 0.2) is 0 Å². The van der Waals surface area contributed by atoms with Crippen molar-refractivity contribution in [2.24, 2.45) is 5.92 Å². The molecule has 1 saturated carbocycles. The van der Waals surface area contributed by atoms with Crippen LogP contribution in [-0.4, -0.2) is 0 Å². The van der Waals surface area contributed by atoms with Crippen LogP contribution in [0.4, 0.5) is 11.4 Å². The second-order valence-corrected chi connectivity index (χ2v) is 17.7. The zero-order valence-corrected chi connectivity index (χ0v) is 35.9. The van der Waals surface area contributed by atoms with Gasteiger partial charge in [0.25, 0.3) is 0 Å². The fraction of sp³-hybridized carbons (Fsp3) is 0.556. The average Bonchev–Trinajstić information content (AvgIpc) is 3.23. The average molecular weight is 755 g/mol. The van der Waals surface area contributed by atoms with Gasteiger partial charge in [-0.15, -0.1) is 0 Å². The molecule has 304 valence electrons. The standard InChI is InChI=1S/C54H78N2/c1-4-7-10-12-14-16-18-21-52(46-27-35-50(55)36-28-46)44-23-31-48(32-24-44)54(41-39-43(40-42-54)20-9-6-3)49-33-25-45(26-34-49)53(47-29-37-51(56)38-30-47)22-19-17-15-13-11-8-5-2/h23-38,43,52-53H,4-22,39-42,55-56H2,1-3H3. The molecule has 2 atom stereocenters. The topological polar surface area (TPSA) is 52.0 Å². The lowest BCUT2D eigenvalue weighted by Gasteiger charge is -2.42. The first kappa shape index (κ1) is 43.6. The van der Waals surface area contributed by atoms with Crippen molar-refractivity contribution in [3.05, 3.63) is 130 Å². The Balaban J connectivity index is 1.38. The van der Waals surface area contributed by atoms with E-state index in [4.69, 9.17) is 11.5 Å². The third-order valence-electron chi connectivity index (χ3n) is 13.5. The summed E-state index contributed by atoms with van der Waals surface area (Å²) in [6, 6.07) is 37.4. The van der Waals surface area contributed by atoms with E-state index in [0.717, 1.165) is 17.3 Å². The van der Waals surface area contributed by atoms with Gasteiger partial charge in [-0.3, -0.25) is 0 Å². The summed E-state index contributed by atoms with van der Waals surface area (Å²) in [6.07, 6.45) is 30.3. The van der Waals surface area contributed by atoms with E-state index in [0.29, 0.717) is 11.8 Å². The Morgan fingerprint density at radius 3 is 1.11 bits per heavy atom. The maximum absolute atomic E-state index is 6.16. The molecule has 0 amide bonds. The van der Waals surface area contributed by atoms with E-state index in [2.05, 4.69) is 118 Å². The smallest absolute Gasteiger partial charge is 0.0314 e. The molecule has 1 aliphatic rings. The first-order valence-electron chi connectivity index (χ1n) is 23.4. The Morgan fingerprint density at radius 2 is 0.750 bits per heavy atom. The highest BCUT2D eigenvalue weighted by Crippen LogP contribution is 2.48. The van der Waals surface area contributed by atoms with Crippen molar-refractivity contribution in [1.29, 1.82) is 0 Å². The lowest BCUT2D eigenvalue weighted by molar-refractivity contribution is 0.251. The van der Waals surface area contributed by atoms with Crippen LogP contribution in [0, 0.1) is 5.92 Å². The Labute approximate surface area is 343 Å². The molecule has 56 heavy (non-hydrogen) atoms. The summed E-state index contributed by atoms with van der Waals surface area (Å²) < 4.78 is 0. The molecule has 0 heterocycles. The lowest BCUT2D eigenvalue weighted by Crippen LogP contribution is -2.33. The summed E-state index contributed by atoms with van der Waals surface area (Å²) in [5.74, 6) is 1.67. The molecular weight excluding hydrogens is 677 g/mol. The third-order valence-corrected chi connectivity index (χ3v) is 13.5. The van der Waals surface area contributed by atoms with Crippen molar-refractivity contribution < 1.29 is 0 Å². The van der Waals surface area contributed by atoms with Crippen LogP contribution in [0.25, 0.3) is 0 Å². The highest BCUT2D eigenvalue weighted by Gasteiger charge is 2.38. The molecule has 1 fully saturated rings. The monoisotopic (exact) mass is 755 g/mol. The molecule has 4 N–H and O–H groups in total. The van der Waals surface area contributed by atoms with Crippen LogP contribution >= 0.6 is 0 Å². The second kappa shape index (κ2) is 23.6. The fourth-order valence-electron chi connectivity index (χ4n) is 9.88. The molecule has 4 aromatic rings. The number of hydrogen-bond donors (Lipinski definition) is 2. The Bertz CT molecular complexity index is 1500. The Hall–Kier alpha value is -3.52. The van der Waals surface area contributed by atoms with Gasteiger partial charge >= 0.3 is 0 Å². The molecule has 4 aromatic carbocycles. The van der Waals surface area contributed by atoms with E-state index in [1.807, 2.05) is 0 Å². The van der Waals surface area contributed by atoms with Gasteiger partial charge in [0.2, 0.25) is 0 Å². The Morgan fingerprint density at radius 1 is 0.429 bits per heavy atom. The van der Waals surface area contributed by atoms with Crippen molar-refractivity contribution in [3.63, 3.8) is 0 Å². The summed E-state index contributed by atoms with van der Waals surface area (Å²) in [4.78, 5) is 0. The predicted octanol–water partition coefficient (Wildman–Crippen LogP) is 16.1. The molecule has 0 spiro atoms. The predicted molar refractivity (Wildman–Crippen MR) is 246 cm³/mol. The molecule has 1 aliphatic carbocycles. The van der Waals surface area contributed by atoms with Crippen molar-refractivity contribution in [2.45, 2.75) is 186 Å². The van der Waals surface area contributed by atoms with Crippen molar-refractivity contribution in [2.75, 3.05) is 11.5 Å². The molecule has 5 rings (SSSR count). The van der Waals surface area contributed by atoms with Gasteiger partial charge in [0.1, 0.15) is 0 Å². The van der Waals surface area contributed by atoms with Gasteiger partial charge in [0, 0.05) is 28.6 Å². The summed E-state index contributed by atoms with van der Waals surface area (Å²) in [6.45, 7) is 6.94. The van der Waals surface area contributed by atoms with Crippen LogP contribution < -0.4 is 11.5 Å². The molecular formula is C54H78N2. The minimum absolute atomic E-state index is 0.0597. The van der Waals surface area contributed by atoms with E-state index in [1.54, 1.807) is 0 Å². The Kier molecular flexibility index (Phi) is 18.4. The first-order valence-corrected chi connectivity index (χ1v) is 23.4. The first-order chi connectivity index (χ1) is 27.5. The zero-order valence-electron chi connectivity index (χ0n) is 35.9. The van der Waals surface area contributed by atoms with Crippen molar-refractivity contribution in [3.8, 4) is 0 Å². The van der Waals surface area contributed by atoms with Crippen molar-refractivity contribution in [1.82, 2.24) is 0 Å². The molecule has 0 radical (unpaired) electrons. The van der Waals surface area contributed by atoms with Crippen LogP contribution in [0.3, 0.4) is 0 Å². The molecule has 2 nitrogen and oxygen atoms in total. The van der Waals surface area contributed by atoms with Crippen molar-refractivity contribution >= 4 is 11.4 Å². The number of nitrogens with two attached hydrogens (primary N) is 2. The molecule has 0 bridgehead atoms. The third kappa shape index (κ3) is 12.7. The van der Waals surface area contributed by atoms with Crippen LogP contribution in [0.1, 0.15) is 214 Å². The molecule has 2 unspecified atom stereocenters. The largest absolute Gasteiger partial charge is 0.399 e. The summed E-state index contributed by atoms with van der Waals surface area (Å²) >= 11 is 0. The van der Waals surface area contributed by atoms with Gasteiger partial charge < -0.3 is 11.5 Å². The minimum atomic E-state index is 0.0597. The quantitative estimate of drug-likeness (QED) is 0.0523. The van der Waals surface area contributed by atoms with E-state index in [1.165, 1.54) is 181 Å². The van der Waals surface area contributed by atoms with E-state index in [-0.39, 0.29) is 5.41 Å². The van der Waals surface area contributed by atoms with E-state index < -0.39 is 0 Å². The second-order valence-electron chi connectivity index (χ2n) is 17.7. The summed E-state index contributed by atoms with van der Waals surface area (Å²) in [5.41, 5.74) is 22.8. The highest BCUT2D eigenvalue weighted by molar-refractivity contribution is 5.47. The van der Waals surface area contributed by atoms with Crippen LogP contribution in [-0.2, 0) is 5.41 Å². The lowest BCUT2D eigenvalue weighted by atomic mass is 9.62. The SMILES string of the molecule is CCCCCCCCCC(c1ccc(N)cc1)c1ccc(C2(c3ccc(C(CCCCCCCCC)c4ccc(N)cc4)cc3)CCC(CCCC)CC2)cc1. The number of rotatable bonds is 25. The maximum atomic E-state index is 6.16. The normalized spacial score (nSPS) is 18.2. The van der Waals surface area contributed by atoms with Gasteiger partial charge in [-0.25, -0.2) is 0 Å². The van der Waals surface area contributed by atoms with Gasteiger partial charge in [-0.1, -0.05) is 203 Å². The van der Waals surface area contributed by atoms with Gasteiger partial charge in [0.05, 0.1) is 0 Å². The van der Waals surface area contributed by atoms with Gasteiger partial charge in [-0.2, -0.15) is 0 Å². The zero-order chi connectivity index (χ0) is 39.4. The number of nitrogen functional groups attached to an aromatic ring is 2. The fourth-order valence-corrected chi connectivity index (χ4v) is 9.88. The van der Waals surface area contributed by atoms with Crippen LogP contribution in [0.15, 0.2) is 97.1 Å². The minimum Gasteiger partial charge on any atom is -0.399 e. The highest BCUT2D eigenvalue weighted by atomic mass is 14.5. The summed E-state index contributed by atoms with van der Waals surface area (Å²) in [7, 11) is 0. The number of unbranched alkanes of at least 4 members (excludes halogenated alkanes) is 13. The number of anilines is 2. The van der Waals surface area contributed by atoms with Crippen LogP contribution in [0.5, 0.6) is 0 Å². The van der Waals surface area contributed by atoms with Crippen LogP contribution in [0.2, 0.25) is 0 Å². The van der Waals surface area contributed by atoms with E-state index in [9.17, 15) is 0 Å². The number of benzene rings is 4. The molecule has 2 heteroatoms. The summed E-state index contributed by atoms with van der Waals surface area (Å²) in [5, 5.41) is 0. The maximum Gasteiger partial charge on any atom is 0.0314 e. The van der Waals surface area contributed by atoms with E-state index >= 15 is 0 Å². The molecule has 0 aromatic heterocycles. The van der Waals surface area contributed by atoms with Gasteiger partial charge in [-0.05, 0) is 102 Å². The molecule has 0 saturated heterocycles.